The molecule has 1 amide bonds. The molecule has 1 aliphatic heterocycles. The van der Waals surface area contributed by atoms with Crippen molar-refractivity contribution in [3.8, 4) is 5.75 Å². The minimum atomic E-state index is -1.06. The molecular formula is C19H14BrNO4S2. The lowest BCUT2D eigenvalue weighted by Gasteiger charge is -2.16. The zero-order valence-electron chi connectivity index (χ0n) is 14.1. The summed E-state index contributed by atoms with van der Waals surface area (Å²) in [6.45, 7) is 1.45. The molecule has 1 N–H and O–H groups in total. The second kappa shape index (κ2) is 8.24. The lowest BCUT2D eigenvalue weighted by molar-refractivity contribution is -0.144. The molecule has 0 aliphatic carbocycles. The number of nitrogens with zero attached hydrogens (tertiary/aromatic N) is 1. The minimum absolute atomic E-state index is 0.238. The normalized spacial score (nSPS) is 16.7. The smallest absolute Gasteiger partial charge is 0.344 e. The summed E-state index contributed by atoms with van der Waals surface area (Å²) < 4.78 is 6.68. The van der Waals surface area contributed by atoms with Crippen LogP contribution >= 0.6 is 39.9 Å². The van der Waals surface area contributed by atoms with Crippen molar-refractivity contribution >= 4 is 67.9 Å². The number of rotatable bonds is 5. The van der Waals surface area contributed by atoms with Gasteiger partial charge < -0.3 is 9.84 Å². The Balaban J connectivity index is 1.93. The first-order chi connectivity index (χ1) is 12.9. The fourth-order valence-corrected chi connectivity index (χ4v) is 4.14. The van der Waals surface area contributed by atoms with E-state index in [1.165, 1.54) is 23.6 Å². The molecule has 1 fully saturated rings. The van der Waals surface area contributed by atoms with Gasteiger partial charge in [-0.3, -0.25) is 9.69 Å². The molecule has 0 aromatic heterocycles. The number of carboxylic acid groups (broad SMARTS) is 1. The number of anilines is 1. The highest BCUT2D eigenvalue weighted by Crippen LogP contribution is 2.39. The van der Waals surface area contributed by atoms with Crippen LogP contribution in [0.2, 0.25) is 0 Å². The Morgan fingerprint density at radius 2 is 1.93 bits per heavy atom. The van der Waals surface area contributed by atoms with E-state index in [2.05, 4.69) is 15.9 Å². The molecule has 2 aromatic rings. The molecule has 2 aromatic carbocycles. The van der Waals surface area contributed by atoms with Crippen LogP contribution in [-0.2, 0) is 9.59 Å². The Bertz CT molecular complexity index is 960. The van der Waals surface area contributed by atoms with E-state index in [0.29, 0.717) is 26.2 Å². The molecule has 3 rings (SSSR count). The number of amides is 1. The highest BCUT2D eigenvalue weighted by molar-refractivity contribution is 9.10. The summed E-state index contributed by atoms with van der Waals surface area (Å²) in [7, 11) is 0. The van der Waals surface area contributed by atoms with Crippen molar-refractivity contribution < 1.29 is 19.4 Å². The van der Waals surface area contributed by atoms with E-state index >= 15 is 0 Å². The number of aliphatic carboxylic acids is 1. The maximum absolute atomic E-state index is 12.9. The molecule has 1 aliphatic rings. The van der Waals surface area contributed by atoms with Gasteiger partial charge in [0, 0.05) is 10.0 Å². The van der Waals surface area contributed by atoms with Crippen LogP contribution in [0.15, 0.2) is 57.9 Å². The van der Waals surface area contributed by atoms with Crippen LogP contribution in [0.5, 0.6) is 5.75 Å². The number of hydrogen-bond acceptors (Lipinski definition) is 5. The average Bonchev–Trinajstić information content (AvgIpc) is 2.90. The van der Waals surface area contributed by atoms with E-state index in [-0.39, 0.29) is 5.91 Å². The van der Waals surface area contributed by atoms with Gasteiger partial charge in [-0.2, -0.15) is 0 Å². The van der Waals surface area contributed by atoms with Crippen molar-refractivity contribution in [3.05, 3.63) is 63.5 Å². The molecule has 0 radical (unpaired) electrons. The van der Waals surface area contributed by atoms with Gasteiger partial charge in [0.25, 0.3) is 5.91 Å². The first kappa shape index (κ1) is 19.6. The number of ether oxygens (including phenoxy) is 1. The Morgan fingerprint density at radius 3 is 2.63 bits per heavy atom. The largest absolute Gasteiger partial charge is 0.479 e. The number of thiocarbonyl (C=S) groups is 1. The van der Waals surface area contributed by atoms with E-state index in [1.54, 1.807) is 30.3 Å². The predicted octanol–water partition coefficient (Wildman–Crippen LogP) is 4.71. The maximum Gasteiger partial charge on any atom is 0.344 e. The van der Waals surface area contributed by atoms with E-state index in [0.717, 1.165) is 4.47 Å². The second-order valence-corrected chi connectivity index (χ2v) is 8.13. The van der Waals surface area contributed by atoms with Crippen LogP contribution in [0, 0.1) is 0 Å². The van der Waals surface area contributed by atoms with Crippen molar-refractivity contribution in [3.63, 3.8) is 0 Å². The van der Waals surface area contributed by atoms with Crippen molar-refractivity contribution in [2.75, 3.05) is 4.90 Å². The maximum atomic E-state index is 12.9. The average molecular weight is 464 g/mol. The minimum Gasteiger partial charge on any atom is -0.479 e. The lowest BCUT2D eigenvalue weighted by atomic mass is 10.1. The van der Waals surface area contributed by atoms with Crippen molar-refractivity contribution in [1.29, 1.82) is 0 Å². The van der Waals surface area contributed by atoms with E-state index in [1.807, 2.05) is 24.3 Å². The number of hydrogen-bond donors (Lipinski definition) is 1. The molecule has 27 heavy (non-hydrogen) atoms. The Labute approximate surface area is 174 Å². The molecule has 0 spiro atoms. The van der Waals surface area contributed by atoms with Crippen molar-refractivity contribution in [2.24, 2.45) is 0 Å². The molecular weight excluding hydrogens is 450 g/mol. The van der Waals surface area contributed by atoms with E-state index in [4.69, 9.17) is 22.1 Å². The van der Waals surface area contributed by atoms with Gasteiger partial charge in [0.15, 0.2) is 10.4 Å². The summed E-state index contributed by atoms with van der Waals surface area (Å²) in [5.41, 5.74) is 1.28. The first-order valence-electron chi connectivity index (χ1n) is 7.89. The molecule has 1 heterocycles. The quantitative estimate of drug-likeness (QED) is 0.511. The molecule has 0 bridgehead atoms. The number of thioether (sulfide) groups is 1. The van der Waals surface area contributed by atoms with Crippen LogP contribution < -0.4 is 9.64 Å². The number of carbonyl (C=O) groups is 2. The summed E-state index contributed by atoms with van der Waals surface area (Å²) in [5.74, 6) is -0.915. The summed E-state index contributed by atoms with van der Waals surface area (Å²) in [5, 5.41) is 9.06. The van der Waals surface area contributed by atoms with Crippen molar-refractivity contribution in [1.82, 2.24) is 0 Å². The number of carbonyl (C=O) groups excluding carboxylic acids is 1. The molecule has 138 valence electrons. The Morgan fingerprint density at radius 1 is 1.26 bits per heavy atom. The Hall–Kier alpha value is -2.16. The van der Waals surface area contributed by atoms with Gasteiger partial charge in [-0.1, -0.05) is 54.3 Å². The van der Waals surface area contributed by atoms with Gasteiger partial charge in [0.1, 0.15) is 5.75 Å². The zero-order chi connectivity index (χ0) is 19.6. The number of para-hydroxylation sites is 2. The third kappa shape index (κ3) is 4.23. The number of benzene rings is 2. The van der Waals surface area contributed by atoms with Crippen LogP contribution in [-0.4, -0.2) is 27.4 Å². The monoisotopic (exact) mass is 463 g/mol. The highest BCUT2D eigenvalue weighted by Gasteiger charge is 2.34. The molecule has 0 saturated carbocycles. The van der Waals surface area contributed by atoms with Crippen LogP contribution in [0.1, 0.15) is 12.5 Å². The van der Waals surface area contributed by atoms with E-state index < -0.39 is 12.1 Å². The molecule has 5 nitrogen and oxygen atoms in total. The Kier molecular flexibility index (Phi) is 5.98. The van der Waals surface area contributed by atoms with Crippen LogP contribution in [0.25, 0.3) is 6.08 Å². The molecule has 8 heteroatoms. The van der Waals surface area contributed by atoms with Crippen LogP contribution in [0.3, 0.4) is 0 Å². The summed E-state index contributed by atoms with van der Waals surface area (Å²) in [4.78, 5) is 25.9. The fourth-order valence-electron chi connectivity index (χ4n) is 2.40. The third-order valence-corrected chi connectivity index (χ3v) is 5.72. The predicted molar refractivity (Wildman–Crippen MR) is 114 cm³/mol. The topological polar surface area (TPSA) is 66.8 Å². The lowest BCUT2D eigenvalue weighted by Crippen LogP contribution is -2.27. The summed E-state index contributed by atoms with van der Waals surface area (Å²) in [6.07, 6.45) is 0.661. The number of halogens is 1. The fraction of sp³-hybridized carbons (Fsp3) is 0.105. The van der Waals surface area contributed by atoms with Gasteiger partial charge in [-0.25, -0.2) is 4.79 Å². The standard InChI is InChI=1S/C19H14BrNO4S2/c1-11(18(23)24)25-15-9-5-2-6-12(15)10-16-17(22)21(19(26)27-16)14-8-4-3-7-13(14)20/h2-11H,1H3,(H,23,24)/b16-10+. The van der Waals surface area contributed by atoms with Crippen LogP contribution in [0.4, 0.5) is 5.69 Å². The number of carboxylic acids is 1. The van der Waals surface area contributed by atoms with Gasteiger partial charge in [-0.05, 0) is 47.1 Å². The van der Waals surface area contributed by atoms with Gasteiger partial charge in [0.05, 0.1) is 10.6 Å². The second-order valence-electron chi connectivity index (χ2n) is 5.60. The summed E-state index contributed by atoms with van der Waals surface area (Å²) >= 11 is 10.0. The summed E-state index contributed by atoms with van der Waals surface area (Å²) in [6, 6.07) is 14.3. The van der Waals surface area contributed by atoms with Crippen molar-refractivity contribution in [2.45, 2.75) is 13.0 Å². The van der Waals surface area contributed by atoms with Gasteiger partial charge >= 0.3 is 5.97 Å². The highest BCUT2D eigenvalue weighted by atomic mass is 79.9. The molecule has 1 saturated heterocycles. The SMILES string of the molecule is CC(Oc1ccccc1/C=C1/SC(=S)N(c2ccccc2Br)C1=O)C(=O)O. The molecule has 1 atom stereocenters. The van der Waals surface area contributed by atoms with E-state index in [9.17, 15) is 9.59 Å². The van der Waals surface area contributed by atoms with Gasteiger partial charge in [-0.15, -0.1) is 0 Å². The zero-order valence-corrected chi connectivity index (χ0v) is 17.3. The first-order valence-corrected chi connectivity index (χ1v) is 9.91. The third-order valence-electron chi connectivity index (χ3n) is 3.74. The van der Waals surface area contributed by atoms with Gasteiger partial charge in [0.2, 0.25) is 0 Å². The molecule has 1 unspecified atom stereocenters.